The Morgan fingerprint density at radius 3 is 2.84 bits per heavy atom. The largest absolute Gasteiger partial charge is 0.332 e. The molecule has 6 heteroatoms. The number of benzene rings is 1. The van der Waals surface area contributed by atoms with Gasteiger partial charge in [0.05, 0.1) is 17.1 Å². The number of halogens is 1. The average molecular weight is 280 g/mol. The Hall–Kier alpha value is -1.59. The Morgan fingerprint density at radius 1 is 1.37 bits per heavy atom. The second-order valence-electron chi connectivity index (χ2n) is 4.79. The van der Waals surface area contributed by atoms with Gasteiger partial charge >= 0.3 is 5.69 Å². The third kappa shape index (κ3) is 1.89. The lowest BCUT2D eigenvalue weighted by molar-refractivity contribution is 0.430. The van der Waals surface area contributed by atoms with Crippen molar-refractivity contribution < 1.29 is 0 Å². The van der Waals surface area contributed by atoms with Gasteiger partial charge in [0, 0.05) is 12.1 Å². The molecule has 1 atom stereocenters. The van der Waals surface area contributed by atoms with Crippen LogP contribution in [0.5, 0.6) is 0 Å². The molecule has 1 fully saturated rings. The first-order valence-electron chi connectivity index (χ1n) is 6.24. The van der Waals surface area contributed by atoms with Gasteiger partial charge in [0.2, 0.25) is 0 Å². The molecule has 2 heterocycles. The molecule has 5 nitrogen and oxygen atoms in total. The third-order valence-corrected chi connectivity index (χ3v) is 3.84. The van der Waals surface area contributed by atoms with Gasteiger partial charge in [-0.25, -0.2) is 9.36 Å². The van der Waals surface area contributed by atoms with Crippen LogP contribution in [0.1, 0.15) is 19.0 Å². The summed E-state index contributed by atoms with van der Waals surface area (Å²) in [5.41, 5.74) is 0.0351. The summed E-state index contributed by atoms with van der Waals surface area (Å²) in [7, 11) is 1.67. The summed E-state index contributed by atoms with van der Waals surface area (Å²) in [6, 6.07) is 5.00. The molecule has 100 valence electrons. The Morgan fingerprint density at radius 2 is 2.16 bits per heavy atom. The number of nitrogens with zero attached hydrogens (tertiary/aromatic N) is 2. The summed E-state index contributed by atoms with van der Waals surface area (Å²) in [5.74, 6) is 0. The molecule has 0 saturated carbocycles. The molecule has 0 aliphatic carbocycles. The van der Waals surface area contributed by atoms with E-state index in [2.05, 4.69) is 5.32 Å². The van der Waals surface area contributed by atoms with Crippen LogP contribution in [0.4, 0.5) is 0 Å². The SMILES string of the molecule is Cn1c(=O)n(C2CCCN2)c(=O)c2cc(Cl)ccc21. The first kappa shape index (κ1) is 12.4. The van der Waals surface area contributed by atoms with Crippen LogP contribution in [0.2, 0.25) is 5.02 Å². The first-order valence-corrected chi connectivity index (χ1v) is 6.61. The van der Waals surface area contributed by atoms with Crippen molar-refractivity contribution >= 4 is 22.5 Å². The van der Waals surface area contributed by atoms with E-state index in [4.69, 9.17) is 11.6 Å². The van der Waals surface area contributed by atoms with E-state index in [1.54, 1.807) is 25.2 Å². The van der Waals surface area contributed by atoms with Crippen molar-refractivity contribution in [1.82, 2.24) is 14.5 Å². The quantitative estimate of drug-likeness (QED) is 0.854. The van der Waals surface area contributed by atoms with Gasteiger partial charge in [-0.15, -0.1) is 0 Å². The summed E-state index contributed by atoms with van der Waals surface area (Å²) < 4.78 is 2.79. The van der Waals surface area contributed by atoms with Gasteiger partial charge in [0.25, 0.3) is 5.56 Å². The monoisotopic (exact) mass is 279 g/mol. The fourth-order valence-corrected chi connectivity index (χ4v) is 2.79. The molecule has 3 rings (SSSR count). The number of fused-ring (bicyclic) bond motifs is 1. The number of aromatic nitrogens is 2. The van der Waals surface area contributed by atoms with Crippen molar-refractivity contribution in [2.45, 2.75) is 19.0 Å². The van der Waals surface area contributed by atoms with Crippen molar-refractivity contribution in [2.75, 3.05) is 6.54 Å². The minimum Gasteiger partial charge on any atom is -0.297 e. The third-order valence-electron chi connectivity index (χ3n) is 3.61. The molecule has 1 aromatic heterocycles. The Labute approximate surface area is 114 Å². The van der Waals surface area contributed by atoms with Crippen molar-refractivity contribution in [3.8, 4) is 0 Å². The van der Waals surface area contributed by atoms with Crippen molar-refractivity contribution in [2.24, 2.45) is 7.05 Å². The van der Waals surface area contributed by atoms with Crippen LogP contribution >= 0.6 is 11.6 Å². The van der Waals surface area contributed by atoms with Gasteiger partial charge in [0.1, 0.15) is 0 Å². The van der Waals surface area contributed by atoms with Gasteiger partial charge in [0.15, 0.2) is 0 Å². The van der Waals surface area contributed by atoms with Gasteiger partial charge in [-0.3, -0.25) is 14.7 Å². The predicted octanol–water partition coefficient (Wildman–Crippen LogP) is 1.24. The molecule has 1 saturated heterocycles. The molecule has 1 N–H and O–H groups in total. The lowest BCUT2D eigenvalue weighted by Gasteiger charge is -2.16. The number of nitrogens with one attached hydrogen (secondary N) is 1. The van der Waals surface area contributed by atoms with Crippen LogP contribution < -0.4 is 16.6 Å². The molecule has 0 spiro atoms. The Kier molecular flexibility index (Phi) is 2.95. The maximum atomic E-state index is 12.5. The van der Waals surface area contributed by atoms with E-state index in [1.165, 1.54) is 9.13 Å². The molecular formula is C13H14ClN3O2. The van der Waals surface area contributed by atoms with E-state index >= 15 is 0 Å². The van der Waals surface area contributed by atoms with Crippen molar-refractivity contribution in [3.63, 3.8) is 0 Å². The number of hydrogen-bond donors (Lipinski definition) is 1. The zero-order valence-electron chi connectivity index (χ0n) is 10.5. The van der Waals surface area contributed by atoms with Gasteiger partial charge in [-0.05, 0) is 37.6 Å². The summed E-state index contributed by atoms with van der Waals surface area (Å²) in [5, 5.41) is 4.15. The van der Waals surface area contributed by atoms with E-state index in [9.17, 15) is 9.59 Å². The highest BCUT2D eigenvalue weighted by atomic mass is 35.5. The minimum atomic E-state index is -0.292. The first-order chi connectivity index (χ1) is 9.09. The molecule has 19 heavy (non-hydrogen) atoms. The lowest BCUT2D eigenvalue weighted by Crippen LogP contribution is -2.44. The van der Waals surface area contributed by atoms with Gasteiger partial charge in [-0.2, -0.15) is 0 Å². The maximum Gasteiger partial charge on any atom is 0.332 e. The molecule has 1 aliphatic rings. The zero-order valence-corrected chi connectivity index (χ0v) is 11.3. The molecule has 0 bridgehead atoms. The van der Waals surface area contributed by atoms with Crippen LogP contribution in [0.15, 0.2) is 27.8 Å². The van der Waals surface area contributed by atoms with E-state index in [0.717, 1.165) is 19.4 Å². The summed E-state index contributed by atoms with van der Waals surface area (Å²) >= 11 is 5.94. The highest BCUT2D eigenvalue weighted by molar-refractivity contribution is 6.31. The van der Waals surface area contributed by atoms with Crippen LogP contribution in [0, 0.1) is 0 Å². The summed E-state index contributed by atoms with van der Waals surface area (Å²) in [4.78, 5) is 24.8. The van der Waals surface area contributed by atoms with Crippen molar-refractivity contribution in [3.05, 3.63) is 44.1 Å². The van der Waals surface area contributed by atoms with Crippen LogP contribution in [0.25, 0.3) is 10.9 Å². The minimum absolute atomic E-state index is 0.213. The van der Waals surface area contributed by atoms with E-state index < -0.39 is 0 Å². The van der Waals surface area contributed by atoms with Gasteiger partial charge < -0.3 is 0 Å². The van der Waals surface area contributed by atoms with Gasteiger partial charge in [-0.1, -0.05) is 11.6 Å². The molecule has 1 unspecified atom stereocenters. The topological polar surface area (TPSA) is 56.0 Å². The number of aryl methyl sites for hydroxylation is 1. The fraction of sp³-hybridized carbons (Fsp3) is 0.385. The normalized spacial score (nSPS) is 19.2. The smallest absolute Gasteiger partial charge is 0.297 e. The fourth-order valence-electron chi connectivity index (χ4n) is 2.61. The summed E-state index contributed by atoms with van der Waals surface area (Å²) in [6.07, 6.45) is 1.55. The van der Waals surface area contributed by atoms with Crippen LogP contribution in [0.3, 0.4) is 0 Å². The molecule has 2 aromatic rings. The summed E-state index contributed by atoms with van der Waals surface area (Å²) in [6.45, 7) is 0.827. The standard InChI is InChI=1S/C13H14ClN3O2/c1-16-10-5-4-8(14)7-9(10)12(18)17(13(16)19)11-3-2-6-15-11/h4-5,7,11,15H,2-3,6H2,1H3. The zero-order chi connectivity index (χ0) is 13.6. The van der Waals surface area contributed by atoms with E-state index in [1.807, 2.05) is 0 Å². The molecular weight excluding hydrogens is 266 g/mol. The van der Waals surface area contributed by atoms with Crippen molar-refractivity contribution in [1.29, 1.82) is 0 Å². The van der Waals surface area contributed by atoms with E-state index in [-0.39, 0.29) is 17.4 Å². The predicted molar refractivity (Wildman–Crippen MR) is 74.7 cm³/mol. The lowest BCUT2D eigenvalue weighted by atomic mass is 10.2. The molecule has 0 radical (unpaired) electrons. The second-order valence-corrected chi connectivity index (χ2v) is 5.23. The number of rotatable bonds is 1. The highest BCUT2D eigenvalue weighted by Crippen LogP contribution is 2.17. The number of hydrogen-bond acceptors (Lipinski definition) is 3. The van der Waals surface area contributed by atoms with Crippen LogP contribution in [-0.2, 0) is 7.05 Å². The Bertz CT molecular complexity index is 757. The molecule has 0 amide bonds. The van der Waals surface area contributed by atoms with E-state index in [0.29, 0.717) is 15.9 Å². The van der Waals surface area contributed by atoms with Crippen LogP contribution in [-0.4, -0.2) is 15.7 Å². The average Bonchev–Trinajstić information content (AvgIpc) is 2.90. The molecule has 1 aliphatic heterocycles. The maximum absolute atomic E-state index is 12.5. The molecule has 1 aromatic carbocycles. The highest BCUT2D eigenvalue weighted by Gasteiger charge is 2.21. The second kappa shape index (κ2) is 4.51. The Balaban J connectivity index is 2.39.